The van der Waals surface area contributed by atoms with E-state index in [1.807, 2.05) is 6.07 Å². The van der Waals surface area contributed by atoms with Crippen LogP contribution in [0.5, 0.6) is 0 Å². The van der Waals surface area contributed by atoms with Crippen molar-refractivity contribution in [3.05, 3.63) is 35.9 Å². The van der Waals surface area contributed by atoms with Crippen molar-refractivity contribution in [3.8, 4) is 0 Å². The lowest BCUT2D eigenvalue weighted by Crippen LogP contribution is -2.58. The van der Waals surface area contributed by atoms with Gasteiger partial charge in [0.2, 0.25) is 29.5 Å². The molecule has 1 saturated heterocycles. The Balaban J connectivity index is 2.28. The number of benzene rings is 1. The fourth-order valence-corrected chi connectivity index (χ4v) is 3.82. The Bertz CT molecular complexity index is 1000. The third kappa shape index (κ3) is 10.1. The first-order valence-electron chi connectivity index (χ1n) is 12.0. The summed E-state index contributed by atoms with van der Waals surface area (Å²) < 4.78 is 0. The normalized spacial score (nSPS) is 24.5. The van der Waals surface area contributed by atoms with Crippen molar-refractivity contribution < 1.29 is 24.0 Å². The van der Waals surface area contributed by atoms with Crippen molar-refractivity contribution in [1.82, 2.24) is 26.6 Å². The highest BCUT2D eigenvalue weighted by Gasteiger charge is 2.31. The number of nitrogens with one attached hydrogen (secondary N) is 5. The van der Waals surface area contributed by atoms with E-state index in [-0.39, 0.29) is 18.6 Å². The quantitative estimate of drug-likeness (QED) is 0.0958. The molecule has 0 radical (unpaired) electrons. The summed E-state index contributed by atoms with van der Waals surface area (Å²) in [6.07, 6.45) is 0.811. The van der Waals surface area contributed by atoms with E-state index in [2.05, 4.69) is 44.2 Å². The molecular formula is C24H35N7O5S. The summed E-state index contributed by atoms with van der Waals surface area (Å²) in [6, 6.07) is 4.98. The van der Waals surface area contributed by atoms with Gasteiger partial charge in [0.1, 0.15) is 24.2 Å². The molecule has 0 aromatic heterocycles. The maximum Gasteiger partial charge on any atom is 0.244 e. The van der Waals surface area contributed by atoms with E-state index in [1.54, 1.807) is 31.2 Å². The van der Waals surface area contributed by atoms with Gasteiger partial charge in [0, 0.05) is 18.7 Å². The standard InChI is InChI=1S/C24H35N7O5S/c1-14-21(33)30-18(11-16-7-4-3-5-8-16)23(35)31-19(13-37)24(36)29-17(9-6-10-26-15(2)25)22(34)27-12-20(32)28-14/h3-5,7-8,14,17-19,37H,6,9-13H2,1-2H3,(H2,25,26)(H,27,34)(H,28,32)(H,29,36)(H,30,33)(H,31,35)/t14-,17+,18+,19?/m1/s1. The van der Waals surface area contributed by atoms with Gasteiger partial charge in [-0.05, 0) is 32.3 Å². The first-order chi connectivity index (χ1) is 17.6. The molecule has 13 heteroatoms. The van der Waals surface area contributed by atoms with Gasteiger partial charge >= 0.3 is 0 Å². The van der Waals surface area contributed by atoms with Crippen LogP contribution in [-0.2, 0) is 30.4 Å². The summed E-state index contributed by atoms with van der Waals surface area (Å²) in [5, 5.41) is 12.9. The van der Waals surface area contributed by atoms with E-state index >= 15 is 0 Å². The van der Waals surface area contributed by atoms with Crippen LogP contribution in [0.1, 0.15) is 32.3 Å². The molecule has 1 unspecified atom stereocenters. The number of carbonyl (C=O) groups excluding carboxylic acids is 5. The molecule has 7 N–H and O–H groups in total. The highest BCUT2D eigenvalue weighted by molar-refractivity contribution is 7.80. The number of thiol groups is 1. The molecule has 1 fully saturated rings. The molecule has 4 atom stereocenters. The Labute approximate surface area is 221 Å². The van der Waals surface area contributed by atoms with Gasteiger partial charge < -0.3 is 32.3 Å². The second-order valence-electron chi connectivity index (χ2n) is 8.73. The van der Waals surface area contributed by atoms with Crippen LogP contribution < -0.4 is 32.3 Å². The number of amides is 5. The van der Waals surface area contributed by atoms with Crippen LogP contribution >= 0.6 is 12.6 Å². The lowest BCUT2D eigenvalue weighted by atomic mass is 10.0. The van der Waals surface area contributed by atoms with Crippen LogP contribution in [0.15, 0.2) is 35.3 Å². The minimum absolute atomic E-state index is 0.0506. The van der Waals surface area contributed by atoms with Crippen molar-refractivity contribution in [2.24, 2.45) is 10.7 Å². The zero-order valence-electron chi connectivity index (χ0n) is 21.0. The molecule has 0 bridgehead atoms. The topological polar surface area (TPSA) is 184 Å². The monoisotopic (exact) mass is 533 g/mol. The van der Waals surface area contributed by atoms with Crippen LogP contribution in [0.25, 0.3) is 0 Å². The highest BCUT2D eigenvalue weighted by Crippen LogP contribution is 2.06. The lowest BCUT2D eigenvalue weighted by molar-refractivity contribution is -0.133. The molecule has 37 heavy (non-hydrogen) atoms. The predicted octanol–water partition coefficient (Wildman–Crippen LogP) is -1.59. The third-order valence-corrected chi connectivity index (χ3v) is 5.94. The molecule has 1 aromatic rings. The first-order valence-corrected chi connectivity index (χ1v) is 12.6. The average Bonchev–Trinajstić information content (AvgIpc) is 2.86. The summed E-state index contributed by atoms with van der Waals surface area (Å²) in [6.45, 7) is 3.06. The number of hydrogen-bond acceptors (Lipinski definition) is 7. The van der Waals surface area contributed by atoms with Crippen molar-refractivity contribution in [2.75, 3.05) is 18.8 Å². The predicted molar refractivity (Wildman–Crippen MR) is 142 cm³/mol. The summed E-state index contributed by atoms with van der Waals surface area (Å²) in [5.74, 6) is -2.66. The van der Waals surface area contributed by atoms with Gasteiger partial charge in [-0.15, -0.1) is 0 Å². The van der Waals surface area contributed by atoms with Gasteiger partial charge in [-0.3, -0.25) is 29.0 Å². The fraction of sp³-hybridized carbons (Fsp3) is 0.500. The van der Waals surface area contributed by atoms with Crippen molar-refractivity contribution in [1.29, 1.82) is 0 Å². The summed E-state index contributed by atoms with van der Waals surface area (Å²) in [5.41, 5.74) is 6.33. The maximum atomic E-state index is 13.2. The minimum atomic E-state index is -1.08. The smallest absolute Gasteiger partial charge is 0.244 e. The number of hydrogen-bond donors (Lipinski definition) is 7. The summed E-state index contributed by atoms with van der Waals surface area (Å²) in [7, 11) is 0. The van der Waals surface area contributed by atoms with Crippen LogP contribution in [0.4, 0.5) is 0 Å². The Morgan fingerprint density at radius 1 is 0.919 bits per heavy atom. The molecule has 0 aliphatic carbocycles. The van der Waals surface area contributed by atoms with E-state index in [0.29, 0.717) is 18.8 Å². The molecule has 1 aromatic carbocycles. The van der Waals surface area contributed by atoms with Crippen molar-refractivity contribution >= 4 is 48.0 Å². The number of rotatable bonds is 7. The number of nitrogens with zero attached hydrogens (tertiary/aromatic N) is 1. The molecule has 1 aliphatic rings. The Morgan fingerprint density at radius 2 is 1.54 bits per heavy atom. The Morgan fingerprint density at radius 3 is 2.19 bits per heavy atom. The van der Waals surface area contributed by atoms with Gasteiger partial charge in [0.25, 0.3) is 0 Å². The Kier molecular flexibility index (Phi) is 11.9. The van der Waals surface area contributed by atoms with Gasteiger partial charge in [-0.2, -0.15) is 12.6 Å². The second-order valence-corrected chi connectivity index (χ2v) is 9.09. The maximum absolute atomic E-state index is 13.2. The second kappa shape index (κ2) is 14.8. The molecule has 0 spiro atoms. The van der Waals surface area contributed by atoms with Crippen LogP contribution in [0.3, 0.4) is 0 Å². The van der Waals surface area contributed by atoms with Crippen molar-refractivity contribution in [3.63, 3.8) is 0 Å². The molecular weight excluding hydrogens is 498 g/mol. The highest BCUT2D eigenvalue weighted by atomic mass is 32.1. The van der Waals surface area contributed by atoms with E-state index in [0.717, 1.165) is 5.56 Å². The molecule has 5 amide bonds. The summed E-state index contributed by atoms with van der Waals surface area (Å²) >= 11 is 4.20. The minimum Gasteiger partial charge on any atom is -0.388 e. The molecule has 12 nitrogen and oxygen atoms in total. The van der Waals surface area contributed by atoms with Gasteiger partial charge in [0.05, 0.1) is 12.4 Å². The van der Waals surface area contributed by atoms with E-state index in [1.165, 1.54) is 6.92 Å². The Hall–Kier alpha value is -3.61. The number of carbonyl (C=O) groups is 5. The number of amidine groups is 1. The first kappa shape index (κ1) is 29.6. The fourth-order valence-electron chi connectivity index (χ4n) is 3.56. The molecule has 202 valence electrons. The van der Waals surface area contributed by atoms with E-state index < -0.39 is 60.2 Å². The van der Waals surface area contributed by atoms with E-state index in [9.17, 15) is 24.0 Å². The zero-order chi connectivity index (χ0) is 27.4. The molecule has 2 rings (SSSR count). The molecule has 1 heterocycles. The summed E-state index contributed by atoms with van der Waals surface area (Å²) in [4.78, 5) is 68.1. The van der Waals surface area contributed by atoms with Gasteiger partial charge in [-0.25, -0.2) is 0 Å². The molecule has 1 aliphatic heterocycles. The molecule has 0 saturated carbocycles. The van der Waals surface area contributed by atoms with E-state index in [4.69, 9.17) is 5.73 Å². The van der Waals surface area contributed by atoms with Crippen LogP contribution in [0.2, 0.25) is 0 Å². The average molecular weight is 534 g/mol. The van der Waals surface area contributed by atoms with Gasteiger partial charge in [-0.1, -0.05) is 30.3 Å². The SMILES string of the molecule is CC(N)=NCCC[C@@H]1NC(=O)C(CS)NC(=O)[C@H](Cc2ccccc2)NC(=O)[C@@H](C)NC(=O)CNC1=O. The third-order valence-electron chi connectivity index (χ3n) is 5.57. The largest absolute Gasteiger partial charge is 0.388 e. The van der Waals surface area contributed by atoms with Gasteiger partial charge in [0.15, 0.2) is 0 Å². The van der Waals surface area contributed by atoms with Crippen molar-refractivity contribution in [2.45, 2.75) is 57.3 Å². The zero-order valence-corrected chi connectivity index (χ0v) is 21.8. The number of aliphatic imine (C=N–C) groups is 1. The number of nitrogens with two attached hydrogens (primary N) is 1. The van der Waals surface area contributed by atoms with Crippen LogP contribution in [-0.4, -0.2) is 78.4 Å². The van der Waals surface area contributed by atoms with Crippen LogP contribution in [0, 0.1) is 0 Å². The lowest BCUT2D eigenvalue weighted by Gasteiger charge is -2.24.